The molecule has 0 bridgehead atoms. The summed E-state index contributed by atoms with van der Waals surface area (Å²) in [6.07, 6.45) is 3.19. The van der Waals surface area contributed by atoms with Crippen LogP contribution in [-0.4, -0.2) is 24.6 Å². The molecule has 5 nitrogen and oxygen atoms in total. The molecule has 0 aliphatic heterocycles. The van der Waals surface area contributed by atoms with Crippen LogP contribution in [0.15, 0.2) is 24.3 Å². The largest absolute Gasteiger partial charge is 0.494 e. The average Bonchev–Trinajstić information content (AvgIpc) is 2.58. The van der Waals surface area contributed by atoms with E-state index >= 15 is 0 Å². The lowest BCUT2D eigenvalue weighted by Gasteiger charge is -2.31. The number of carbonyl (C=O) groups excluding carboxylic acids is 2. The molecule has 2 rings (SSSR count). The number of benzene rings is 1. The summed E-state index contributed by atoms with van der Waals surface area (Å²) in [7, 11) is 0. The van der Waals surface area contributed by atoms with Gasteiger partial charge in [0.1, 0.15) is 11.9 Å². The van der Waals surface area contributed by atoms with Gasteiger partial charge in [-0.2, -0.15) is 0 Å². The van der Waals surface area contributed by atoms with Crippen molar-refractivity contribution in [2.45, 2.75) is 59.0 Å². The Morgan fingerprint density at radius 1 is 1.08 bits per heavy atom. The van der Waals surface area contributed by atoms with Crippen LogP contribution in [0, 0.1) is 11.8 Å². The first-order chi connectivity index (χ1) is 12.0. The highest BCUT2D eigenvalue weighted by atomic mass is 16.5. The maximum absolute atomic E-state index is 12.0. The zero-order valence-electron chi connectivity index (χ0n) is 15.4. The van der Waals surface area contributed by atoms with Crippen molar-refractivity contribution in [1.82, 2.24) is 0 Å². The summed E-state index contributed by atoms with van der Waals surface area (Å²) in [5.74, 6) is 1.56. The van der Waals surface area contributed by atoms with Crippen molar-refractivity contribution in [3.8, 4) is 5.75 Å². The maximum atomic E-state index is 12.0. The molecular formula is C20H29NO4. The van der Waals surface area contributed by atoms with Gasteiger partial charge < -0.3 is 14.8 Å². The molecule has 1 aliphatic carbocycles. The van der Waals surface area contributed by atoms with Crippen LogP contribution in [0.4, 0.5) is 5.69 Å². The van der Waals surface area contributed by atoms with Gasteiger partial charge in [0.2, 0.25) is 5.91 Å². The number of carbonyl (C=O) groups is 2. The topological polar surface area (TPSA) is 64.6 Å². The van der Waals surface area contributed by atoms with E-state index in [1.807, 2.05) is 6.92 Å². The number of nitrogens with one attached hydrogen (secondary N) is 1. The van der Waals surface area contributed by atoms with Gasteiger partial charge in [0, 0.05) is 12.1 Å². The fourth-order valence-electron chi connectivity index (χ4n) is 3.09. The summed E-state index contributed by atoms with van der Waals surface area (Å²) in [4.78, 5) is 23.9. The monoisotopic (exact) mass is 347 g/mol. The highest BCUT2D eigenvalue weighted by Crippen LogP contribution is 2.31. The Hall–Kier alpha value is -2.04. The Labute approximate surface area is 150 Å². The maximum Gasteiger partial charge on any atom is 0.306 e. The number of anilines is 1. The number of amides is 1. The van der Waals surface area contributed by atoms with Gasteiger partial charge >= 0.3 is 5.97 Å². The second-order valence-electron chi connectivity index (χ2n) is 6.89. The number of ether oxygens (including phenoxy) is 2. The third kappa shape index (κ3) is 6.40. The van der Waals surface area contributed by atoms with E-state index in [9.17, 15) is 9.59 Å². The van der Waals surface area contributed by atoms with Crippen molar-refractivity contribution < 1.29 is 19.1 Å². The van der Waals surface area contributed by atoms with Crippen LogP contribution in [0.1, 0.15) is 52.9 Å². The number of hydrogen-bond donors (Lipinski definition) is 1. The van der Waals surface area contributed by atoms with Crippen molar-refractivity contribution in [1.29, 1.82) is 0 Å². The first kappa shape index (κ1) is 19.3. The highest BCUT2D eigenvalue weighted by Gasteiger charge is 2.27. The van der Waals surface area contributed by atoms with E-state index in [-0.39, 0.29) is 30.8 Å². The van der Waals surface area contributed by atoms with Crippen LogP contribution in [0.2, 0.25) is 0 Å². The van der Waals surface area contributed by atoms with Gasteiger partial charge in [-0.15, -0.1) is 0 Å². The van der Waals surface area contributed by atoms with E-state index in [2.05, 4.69) is 19.2 Å². The predicted molar refractivity (Wildman–Crippen MR) is 97.5 cm³/mol. The average molecular weight is 347 g/mol. The van der Waals surface area contributed by atoms with Gasteiger partial charge in [-0.25, -0.2) is 0 Å². The molecule has 1 saturated carbocycles. The van der Waals surface area contributed by atoms with Gasteiger partial charge in [-0.1, -0.05) is 13.8 Å². The molecule has 0 radical (unpaired) electrons. The molecule has 1 amide bonds. The lowest BCUT2D eigenvalue weighted by atomic mass is 9.80. The molecule has 1 aliphatic rings. The lowest BCUT2D eigenvalue weighted by Crippen LogP contribution is -2.29. The van der Waals surface area contributed by atoms with E-state index < -0.39 is 0 Å². The van der Waals surface area contributed by atoms with E-state index in [4.69, 9.17) is 9.47 Å². The summed E-state index contributed by atoms with van der Waals surface area (Å²) in [5.41, 5.74) is 0.692. The molecule has 1 fully saturated rings. The Balaban J connectivity index is 1.69. The Morgan fingerprint density at radius 3 is 2.44 bits per heavy atom. The van der Waals surface area contributed by atoms with Gasteiger partial charge in [-0.05, 0) is 62.3 Å². The molecule has 0 heterocycles. The number of esters is 1. The summed E-state index contributed by atoms with van der Waals surface area (Å²) >= 11 is 0. The second kappa shape index (κ2) is 9.44. The summed E-state index contributed by atoms with van der Waals surface area (Å²) in [5, 5.41) is 2.78. The zero-order valence-corrected chi connectivity index (χ0v) is 15.4. The predicted octanol–water partition coefficient (Wildman–Crippen LogP) is 4.17. The zero-order chi connectivity index (χ0) is 18.2. The van der Waals surface area contributed by atoms with Crippen LogP contribution < -0.4 is 10.1 Å². The van der Waals surface area contributed by atoms with E-state index in [0.717, 1.165) is 25.0 Å². The molecule has 3 atom stereocenters. The minimum absolute atomic E-state index is 0.00729. The third-order valence-corrected chi connectivity index (χ3v) is 4.85. The standard InChI is InChI=1S/C20H29NO4/c1-4-24-17-9-6-16(7-10-17)21-19(22)11-12-20(23)25-18-8-5-14(2)15(3)13-18/h6-7,9-10,14-15,18H,4-5,8,11-13H2,1-3H3,(H,21,22)/t14-,15+,18-/m1/s1. The fourth-order valence-corrected chi connectivity index (χ4v) is 3.09. The van der Waals surface area contributed by atoms with Crippen molar-refractivity contribution >= 4 is 17.6 Å². The van der Waals surface area contributed by atoms with Crippen molar-refractivity contribution in [3.05, 3.63) is 24.3 Å². The van der Waals surface area contributed by atoms with E-state index in [1.165, 1.54) is 0 Å². The van der Waals surface area contributed by atoms with Crippen LogP contribution >= 0.6 is 0 Å². The second-order valence-corrected chi connectivity index (χ2v) is 6.89. The van der Waals surface area contributed by atoms with Crippen molar-refractivity contribution in [3.63, 3.8) is 0 Å². The molecule has 1 aromatic rings. The van der Waals surface area contributed by atoms with Gasteiger partial charge in [0.25, 0.3) is 0 Å². The van der Waals surface area contributed by atoms with Crippen molar-refractivity contribution in [2.75, 3.05) is 11.9 Å². The molecule has 0 saturated heterocycles. The lowest BCUT2D eigenvalue weighted by molar-refractivity contribution is -0.152. The normalized spacial score (nSPS) is 22.9. The van der Waals surface area contributed by atoms with Crippen LogP contribution in [0.25, 0.3) is 0 Å². The third-order valence-electron chi connectivity index (χ3n) is 4.85. The van der Waals surface area contributed by atoms with Crippen LogP contribution in [0.5, 0.6) is 5.75 Å². The molecule has 1 N–H and O–H groups in total. The number of hydrogen-bond acceptors (Lipinski definition) is 4. The first-order valence-electron chi connectivity index (χ1n) is 9.20. The summed E-state index contributed by atoms with van der Waals surface area (Å²) in [6.45, 7) is 6.97. The molecule has 138 valence electrons. The smallest absolute Gasteiger partial charge is 0.306 e. The fraction of sp³-hybridized carbons (Fsp3) is 0.600. The highest BCUT2D eigenvalue weighted by molar-refractivity contribution is 5.92. The molecule has 1 aromatic carbocycles. The molecule has 0 unspecified atom stereocenters. The summed E-state index contributed by atoms with van der Waals surface area (Å²) < 4.78 is 10.9. The minimum atomic E-state index is -0.284. The van der Waals surface area contributed by atoms with Crippen LogP contribution in [0.3, 0.4) is 0 Å². The first-order valence-corrected chi connectivity index (χ1v) is 9.20. The molecule has 25 heavy (non-hydrogen) atoms. The molecule has 5 heteroatoms. The van der Waals surface area contributed by atoms with Crippen molar-refractivity contribution in [2.24, 2.45) is 11.8 Å². The molecule has 0 aromatic heterocycles. The SMILES string of the molecule is CCOc1ccc(NC(=O)CCC(=O)O[C@@H]2CC[C@@H](C)[C@@H](C)C2)cc1. The molecule has 0 spiro atoms. The van der Waals surface area contributed by atoms with Gasteiger partial charge in [0.05, 0.1) is 13.0 Å². The van der Waals surface area contributed by atoms with E-state index in [1.54, 1.807) is 24.3 Å². The van der Waals surface area contributed by atoms with Gasteiger partial charge in [-0.3, -0.25) is 9.59 Å². The van der Waals surface area contributed by atoms with E-state index in [0.29, 0.717) is 24.1 Å². The van der Waals surface area contributed by atoms with Crippen LogP contribution in [-0.2, 0) is 14.3 Å². The summed E-state index contributed by atoms with van der Waals surface area (Å²) in [6, 6.07) is 7.18. The quantitative estimate of drug-likeness (QED) is 0.752. The Bertz CT molecular complexity index is 570. The Morgan fingerprint density at radius 2 is 1.80 bits per heavy atom. The number of rotatable bonds is 7. The minimum Gasteiger partial charge on any atom is -0.494 e. The molecular weight excluding hydrogens is 318 g/mol. The Kier molecular flexibility index (Phi) is 7.29. The van der Waals surface area contributed by atoms with Gasteiger partial charge in [0.15, 0.2) is 0 Å².